The third-order valence-electron chi connectivity index (χ3n) is 3.14. The van der Waals surface area contributed by atoms with E-state index in [1.165, 1.54) is 0 Å². The summed E-state index contributed by atoms with van der Waals surface area (Å²) in [6.07, 6.45) is 2.76. The Balaban J connectivity index is 2.13. The van der Waals surface area contributed by atoms with Gasteiger partial charge in [-0.3, -0.25) is 4.79 Å². The fourth-order valence-corrected chi connectivity index (χ4v) is 2.21. The maximum absolute atomic E-state index is 12.5. The van der Waals surface area contributed by atoms with E-state index in [1.54, 1.807) is 18.0 Å². The van der Waals surface area contributed by atoms with Gasteiger partial charge in [-0.2, -0.15) is 0 Å². The van der Waals surface area contributed by atoms with Crippen molar-refractivity contribution >= 4 is 11.6 Å². The molecule has 0 aliphatic rings. The van der Waals surface area contributed by atoms with Gasteiger partial charge in [0, 0.05) is 19.8 Å². The minimum atomic E-state index is -0.0517. The van der Waals surface area contributed by atoms with Gasteiger partial charge in [-0.15, -0.1) is 0 Å². The second-order valence-electron chi connectivity index (χ2n) is 5.03. The molecule has 0 aliphatic heterocycles. The van der Waals surface area contributed by atoms with Gasteiger partial charge in [-0.1, -0.05) is 6.92 Å². The van der Waals surface area contributed by atoms with Crippen molar-refractivity contribution in [3.63, 3.8) is 0 Å². The van der Waals surface area contributed by atoms with E-state index >= 15 is 0 Å². The van der Waals surface area contributed by atoms with E-state index in [0.29, 0.717) is 17.9 Å². The summed E-state index contributed by atoms with van der Waals surface area (Å²) in [5.41, 5.74) is 7.03. The molecule has 0 aliphatic carbocycles. The molecule has 2 aromatic heterocycles. The van der Waals surface area contributed by atoms with Crippen LogP contribution in [-0.4, -0.2) is 22.4 Å². The zero-order valence-electron chi connectivity index (χ0n) is 12.2. The van der Waals surface area contributed by atoms with E-state index in [0.717, 1.165) is 24.5 Å². The number of hydrogen-bond acceptors (Lipinski definition) is 3. The number of nitrogen functional groups attached to an aromatic ring is 1. The Morgan fingerprint density at radius 1 is 1.45 bits per heavy atom. The number of aromatic nitrogens is 1. The molecule has 5 nitrogen and oxygen atoms in total. The average Bonchev–Trinajstić information content (AvgIpc) is 2.95. The molecule has 2 aromatic rings. The van der Waals surface area contributed by atoms with Crippen molar-refractivity contribution in [1.82, 2.24) is 9.47 Å². The monoisotopic (exact) mass is 275 g/mol. The summed E-state index contributed by atoms with van der Waals surface area (Å²) < 4.78 is 7.40. The summed E-state index contributed by atoms with van der Waals surface area (Å²) >= 11 is 0. The van der Waals surface area contributed by atoms with Crippen molar-refractivity contribution < 1.29 is 9.21 Å². The second-order valence-corrected chi connectivity index (χ2v) is 5.03. The molecule has 2 rings (SSSR count). The van der Waals surface area contributed by atoms with Crippen LogP contribution in [0.2, 0.25) is 0 Å². The highest BCUT2D eigenvalue weighted by atomic mass is 16.3. The number of rotatable bonds is 5. The van der Waals surface area contributed by atoms with Crippen molar-refractivity contribution in [1.29, 1.82) is 0 Å². The third-order valence-corrected chi connectivity index (χ3v) is 3.14. The molecular weight excluding hydrogens is 254 g/mol. The minimum absolute atomic E-state index is 0.0517. The molecule has 0 saturated heterocycles. The van der Waals surface area contributed by atoms with E-state index in [4.69, 9.17) is 10.2 Å². The zero-order chi connectivity index (χ0) is 14.7. The summed E-state index contributed by atoms with van der Waals surface area (Å²) in [6.45, 7) is 5.19. The maximum Gasteiger partial charge on any atom is 0.270 e. The van der Waals surface area contributed by atoms with E-state index < -0.39 is 0 Å². The van der Waals surface area contributed by atoms with Crippen LogP contribution in [0.5, 0.6) is 0 Å². The van der Waals surface area contributed by atoms with Gasteiger partial charge in [0.2, 0.25) is 0 Å². The first kappa shape index (κ1) is 14.2. The number of hydrogen-bond donors (Lipinski definition) is 1. The topological polar surface area (TPSA) is 64.4 Å². The molecule has 0 fully saturated rings. The first-order valence-corrected chi connectivity index (χ1v) is 6.77. The molecule has 0 bridgehead atoms. The van der Waals surface area contributed by atoms with E-state index in [1.807, 2.05) is 29.8 Å². The van der Waals surface area contributed by atoms with E-state index in [-0.39, 0.29) is 5.91 Å². The molecule has 1 amide bonds. The molecule has 2 heterocycles. The SMILES string of the molecule is CCCn1cc(N)cc1C(=O)N(C)Cc1ccc(C)o1. The van der Waals surface area contributed by atoms with Gasteiger partial charge in [-0.25, -0.2) is 0 Å². The smallest absolute Gasteiger partial charge is 0.270 e. The van der Waals surface area contributed by atoms with Crippen LogP contribution in [-0.2, 0) is 13.1 Å². The molecule has 20 heavy (non-hydrogen) atoms. The summed E-state index contributed by atoms with van der Waals surface area (Å²) in [5, 5.41) is 0. The number of nitrogens with two attached hydrogens (primary N) is 1. The van der Waals surface area contributed by atoms with Crippen LogP contribution in [0.4, 0.5) is 5.69 Å². The van der Waals surface area contributed by atoms with Crippen molar-refractivity contribution in [2.24, 2.45) is 0 Å². The average molecular weight is 275 g/mol. The molecular formula is C15H21N3O2. The van der Waals surface area contributed by atoms with Crippen LogP contribution < -0.4 is 5.73 Å². The van der Waals surface area contributed by atoms with E-state index in [2.05, 4.69) is 6.92 Å². The number of anilines is 1. The van der Waals surface area contributed by atoms with Crippen molar-refractivity contribution in [3.05, 3.63) is 41.6 Å². The van der Waals surface area contributed by atoms with Gasteiger partial charge in [0.25, 0.3) is 5.91 Å². The highest BCUT2D eigenvalue weighted by molar-refractivity contribution is 5.93. The fraction of sp³-hybridized carbons (Fsp3) is 0.400. The predicted octanol–water partition coefficient (Wildman–Crippen LogP) is 2.65. The molecule has 0 unspecified atom stereocenters. The summed E-state index contributed by atoms with van der Waals surface area (Å²) in [7, 11) is 1.76. The summed E-state index contributed by atoms with van der Waals surface area (Å²) in [5.74, 6) is 1.57. The number of furan rings is 1. The fourth-order valence-electron chi connectivity index (χ4n) is 2.21. The number of aryl methyl sites for hydroxylation is 2. The molecule has 0 spiro atoms. The molecule has 5 heteroatoms. The van der Waals surface area contributed by atoms with Gasteiger partial charge in [-0.05, 0) is 31.5 Å². The molecule has 0 saturated carbocycles. The minimum Gasteiger partial charge on any atom is -0.464 e. The molecule has 0 aromatic carbocycles. The summed E-state index contributed by atoms with van der Waals surface area (Å²) in [6, 6.07) is 5.51. The number of carbonyl (C=O) groups excluding carboxylic acids is 1. The Hall–Kier alpha value is -2.17. The van der Waals surface area contributed by atoms with Gasteiger partial charge in [0.15, 0.2) is 0 Å². The van der Waals surface area contributed by atoms with Crippen molar-refractivity contribution in [3.8, 4) is 0 Å². The number of amides is 1. The Kier molecular flexibility index (Phi) is 4.17. The number of carbonyl (C=O) groups is 1. The van der Waals surface area contributed by atoms with Crippen LogP contribution in [0.25, 0.3) is 0 Å². The normalized spacial score (nSPS) is 10.8. The van der Waals surface area contributed by atoms with Gasteiger partial charge in [0.05, 0.1) is 12.2 Å². The molecule has 0 radical (unpaired) electrons. The standard InChI is InChI=1S/C15H21N3O2/c1-4-7-18-9-12(16)8-14(18)15(19)17(3)10-13-6-5-11(2)20-13/h5-6,8-9H,4,7,10,16H2,1-3H3. The highest BCUT2D eigenvalue weighted by Crippen LogP contribution is 2.15. The van der Waals surface area contributed by atoms with Crippen LogP contribution in [0.1, 0.15) is 35.4 Å². The van der Waals surface area contributed by atoms with Crippen LogP contribution >= 0.6 is 0 Å². The lowest BCUT2D eigenvalue weighted by Gasteiger charge is -2.17. The van der Waals surface area contributed by atoms with Crippen LogP contribution in [0.15, 0.2) is 28.8 Å². The Morgan fingerprint density at radius 2 is 2.20 bits per heavy atom. The second kappa shape index (κ2) is 5.86. The lowest BCUT2D eigenvalue weighted by atomic mass is 10.3. The van der Waals surface area contributed by atoms with Gasteiger partial charge < -0.3 is 19.6 Å². The maximum atomic E-state index is 12.5. The Labute approximate surface area is 119 Å². The first-order valence-electron chi connectivity index (χ1n) is 6.77. The Bertz CT molecular complexity index is 598. The number of nitrogens with zero attached hydrogens (tertiary/aromatic N) is 2. The third kappa shape index (κ3) is 3.04. The van der Waals surface area contributed by atoms with Crippen LogP contribution in [0, 0.1) is 6.92 Å². The molecule has 2 N–H and O–H groups in total. The van der Waals surface area contributed by atoms with E-state index in [9.17, 15) is 4.79 Å². The van der Waals surface area contributed by atoms with Crippen molar-refractivity contribution in [2.45, 2.75) is 33.4 Å². The summed E-state index contributed by atoms with van der Waals surface area (Å²) in [4.78, 5) is 14.1. The molecule has 108 valence electrons. The predicted molar refractivity (Wildman–Crippen MR) is 78.4 cm³/mol. The zero-order valence-corrected chi connectivity index (χ0v) is 12.2. The quantitative estimate of drug-likeness (QED) is 0.912. The van der Waals surface area contributed by atoms with Crippen molar-refractivity contribution in [2.75, 3.05) is 12.8 Å². The van der Waals surface area contributed by atoms with Gasteiger partial charge >= 0.3 is 0 Å². The van der Waals surface area contributed by atoms with Crippen LogP contribution in [0.3, 0.4) is 0 Å². The molecule has 0 atom stereocenters. The largest absolute Gasteiger partial charge is 0.464 e. The Morgan fingerprint density at radius 3 is 2.80 bits per heavy atom. The lowest BCUT2D eigenvalue weighted by molar-refractivity contribution is 0.0764. The van der Waals surface area contributed by atoms with Gasteiger partial charge in [0.1, 0.15) is 17.2 Å². The highest BCUT2D eigenvalue weighted by Gasteiger charge is 2.18. The lowest BCUT2D eigenvalue weighted by Crippen LogP contribution is -2.28. The first-order chi connectivity index (χ1) is 9.51.